The minimum atomic E-state index is 0.774. The molecule has 21 heavy (non-hydrogen) atoms. The maximum Gasteiger partial charge on any atom is 0.190 e. The molecule has 0 aromatic rings. The van der Waals surface area contributed by atoms with Crippen molar-refractivity contribution in [3.8, 4) is 0 Å². The summed E-state index contributed by atoms with van der Waals surface area (Å²) in [6.45, 7) is 4.55. The first-order valence-corrected chi connectivity index (χ1v) is 8.91. The SMILES string of the molecule is CN=C(NCCCC1CCCCC1)NCC1CCN(C)C1. The standard InChI is InChI=1S/C17H34N4/c1-18-17(20-13-16-10-12-21(2)14-16)19-11-6-9-15-7-4-3-5-8-15/h15-16H,3-14H2,1-2H3,(H2,18,19,20). The van der Waals surface area contributed by atoms with Gasteiger partial charge in [-0.05, 0) is 44.7 Å². The fraction of sp³-hybridized carbons (Fsp3) is 0.941. The molecule has 1 saturated carbocycles. The number of aliphatic imine (C=N–C) groups is 1. The first-order chi connectivity index (χ1) is 10.3. The molecule has 1 atom stereocenters. The molecule has 4 heteroatoms. The molecule has 1 saturated heterocycles. The highest BCUT2D eigenvalue weighted by Crippen LogP contribution is 2.26. The van der Waals surface area contributed by atoms with Crippen LogP contribution in [-0.4, -0.2) is 51.1 Å². The summed E-state index contributed by atoms with van der Waals surface area (Å²) >= 11 is 0. The summed E-state index contributed by atoms with van der Waals surface area (Å²) in [6.07, 6.45) is 11.3. The van der Waals surface area contributed by atoms with Gasteiger partial charge >= 0.3 is 0 Å². The molecule has 1 unspecified atom stereocenters. The molecule has 0 amide bonds. The zero-order chi connectivity index (χ0) is 14.9. The third-order valence-corrected chi connectivity index (χ3v) is 5.08. The molecular formula is C17H34N4. The van der Waals surface area contributed by atoms with Crippen LogP contribution in [-0.2, 0) is 0 Å². The van der Waals surface area contributed by atoms with E-state index in [0.29, 0.717) is 0 Å². The third-order valence-electron chi connectivity index (χ3n) is 5.08. The van der Waals surface area contributed by atoms with Crippen LogP contribution in [0.2, 0.25) is 0 Å². The van der Waals surface area contributed by atoms with E-state index in [9.17, 15) is 0 Å². The third kappa shape index (κ3) is 6.25. The van der Waals surface area contributed by atoms with E-state index in [-0.39, 0.29) is 0 Å². The maximum atomic E-state index is 4.33. The van der Waals surface area contributed by atoms with E-state index < -0.39 is 0 Å². The molecule has 0 spiro atoms. The average Bonchev–Trinajstić information content (AvgIpc) is 2.93. The Bertz CT molecular complexity index is 310. The van der Waals surface area contributed by atoms with E-state index in [1.165, 1.54) is 64.5 Å². The van der Waals surface area contributed by atoms with Crippen LogP contribution in [0, 0.1) is 11.8 Å². The maximum absolute atomic E-state index is 4.33. The van der Waals surface area contributed by atoms with Gasteiger partial charge in [0.15, 0.2) is 5.96 Å². The molecule has 1 aliphatic carbocycles. The van der Waals surface area contributed by atoms with E-state index in [4.69, 9.17) is 0 Å². The molecule has 0 aromatic carbocycles. The van der Waals surface area contributed by atoms with Gasteiger partial charge in [-0.3, -0.25) is 4.99 Å². The van der Waals surface area contributed by atoms with Crippen LogP contribution in [0.25, 0.3) is 0 Å². The Morgan fingerprint density at radius 1 is 1.10 bits per heavy atom. The molecule has 0 bridgehead atoms. The van der Waals surface area contributed by atoms with Crippen molar-refractivity contribution < 1.29 is 0 Å². The molecule has 2 aliphatic rings. The predicted molar refractivity (Wildman–Crippen MR) is 90.8 cm³/mol. The molecule has 0 radical (unpaired) electrons. The van der Waals surface area contributed by atoms with Crippen molar-refractivity contribution in [2.75, 3.05) is 40.3 Å². The van der Waals surface area contributed by atoms with Gasteiger partial charge in [0.1, 0.15) is 0 Å². The predicted octanol–water partition coefficient (Wildman–Crippen LogP) is 2.46. The number of hydrogen-bond donors (Lipinski definition) is 2. The van der Waals surface area contributed by atoms with Crippen LogP contribution < -0.4 is 10.6 Å². The lowest BCUT2D eigenvalue weighted by Crippen LogP contribution is -2.40. The Morgan fingerprint density at radius 2 is 1.90 bits per heavy atom. The summed E-state index contributed by atoms with van der Waals surface area (Å²) in [5, 5.41) is 6.95. The summed E-state index contributed by atoms with van der Waals surface area (Å²) in [4.78, 5) is 6.74. The molecule has 2 fully saturated rings. The number of rotatable bonds is 6. The monoisotopic (exact) mass is 294 g/mol. The molecule has 4 nitrogen and oxygen atoms in total. The number of guanidine groups is 1. The van der Waals surface area contributed by atoms with E-state index >= 15 is 0 Å². The van der Waals surface area contributed by atoms with Crippen LogP contribution in [0.1, 0.15) is 51.4 Å². The van der Waals surface area contributed by atoms with Gasteiger partial charge in [0.2, 0.25) is 0 Å². The highest BCUT2D eigenvalue weighted by atomic mass is 15.2. The van der Waals surface area contributed by atoms with Crippen molar-refractivity contribution in [2.24, 2.45) is 16.8 Å². The van der Waals surface area contributed by atoms with Crippen LogP contribution in [0.15, 0.2) is 4.99 Å². The summed E-state index contributed by atoms with van der Waals surface area (Å²) in [6, 6.07) is 0. The quantitative estimate of drug-likeness (QED) is 0.449. The van der Waals surface area contributed by atoms with Crippen molar-refractivity contribution >= 4 is 5.96 Å². The molecular weight excluding hydrogens is 260 g/mol. The van der Waals surface area contributed by atoms with Gasteiger partial charge in [0.25, 0.3) is 0 Å². The van der Waals surface area contributed by atoms with Crippen LogP contribution in [0.4, 0.5) is 0 Å². The van der Waals surface area contributed by atoms with E-state index in [1.807, 2.05) is 7.05 Å². The average molecular weight is 294 g/mol. The number of likely N-dealkylation sites (tertiary alicyclic amines) is 1. The molecule has 1 heterocycles. The van der Waals surface area contributed by atoms with Crippen molar-refractivity contribution in [3.05, 3.63) is 0 Å². The fourth-order valence-electron chi connectivity index (χ4n) is 3.73. The van der Waals surface area contributed by atoms with Crippen molar-refractivity contribution in [1.82, 2.24) is 15.5 Å². The first-order valence-electron chi connectivity index (χ1n) is 8.91. The Morgan fingerprint density at radius 3 is 2.57 bits per heavy atom. The fourth-order valence-corrected chi connectivity index (χ4v) is 3.73. The summed E-state index contributed by atoms with van der Waals surface area (Å²) in [7, 11) is 4.08. The van der Waals surface area contributed by atoms with Crippen LogP contribution in [0.5, 0.6) is 0 Å². The molecule has 2 N–H and O–H groups in total. The molecule has 1 aliphatic heterocycles. The Labute approximate surface area is 130 Å². The first kappa shape index (κ1) is 16.6. The highest BCUT2D eigenvalue weighted by molar-refractivity contribution is 5.79. The second-order valence-corrected chi connectivity index (χ2v) is 6.94. The van der Waals surface area contributed by atoms with Crippen LogP contribution in [0.3, 0.4) is 0 Å². The molecule has 122 valence electrons. The summed E-state index contributed by atoms with van der Waals surface area (Å²) in [5.74, 6) is 2.74. The van der Waals surface area contributed by atoms with Gasteiger partial charge in [-0.15, -0.1) is 0 Å². The van der Waals surface area contributed by atoms with Gasteiger partial charge in [0.05, 0.1) is 0 Å². The van der Waals surface area contributed by atoms with Crippen LogP contribution >= 0.6 is 0 Å². The summed E-state index contributed by atoms with van der Waals surface area (Å²) < 4.78 is 0. The van der Waals surface area contributed by atoms with E-state index in [2.05, 4.69) is 27.6 Å². The highest BCUT2D eigenvalue weighted by Gasteiger charge is 2.19. The normalized spacial score (nSPS) is 25.2. The zero-order valence-electron chi connectivity index (χ0n) is 14.0. The molecule has 0 aromatic heterocycles. The number of nitrogens with one attached hydrogen (secondary N) is 2. The zero-order valence-corrected chi connectivity index (χ0v) is 14.0. The van der Waals surface area contributed by atoms with E-state index in [1.54, 1.807) is 0 Å². The van der Waals surface area contributed by atoms with Gasteiger partial charge in [-0.25, -0.2) is 0 Å². The van der Waals surface area contributed by atoms with Crippen molar-refractivity contribution in [3.63, 3.8) is 0 Å². The summed E-state index contributed by atoms with van der Waals surface area (Å²) in [5.41, 5.74) is 0. The van der Waals surface area contributed by atoms with Gasteiger partial charge in [-0.2, -0.15) is 0 Å². The lowest BCUT2D eigenvalue weighted by Gasteiger charge is -2.21. The van der Waals surface area contributed by atoms with Crippen molar-refractivity contribution in [2.45, 2.75) is 51.4 Å². The second kappa shape index (κ2) is 9.29. The van der Waals surface area contributed by atoms with Gasteiger partial charge < -0.3 is 15.5 Å². The van der Waals surface area contributed by atoms with Crippen molar-refractivity contribution in [1.29, 1.82) is 0 Å². The van der Waals surface area contributed by atoms with E-state index in [0.717, 1.165) is 30.9 Å². The Balaban J connectivity index is 1.53. The minimum absolute atomic E-state index is 0.774. The topological polar surface area (TPSA) is 39.7 Å². The molecule has 2 rings (SSSR count). The minimum Gasteiger partial charge on any atom is -0.356 e. The van der Waals surface area contributed by atoms with Gasteiger partial charge in [-0.1, -0.05) is 32.1 Å². The largest absolute Gasteiger partial charge is 0.356 e. The Hall–Kier alpha value is -0.770. The lowest BCUT2D eigenvalue weighted by molar-refractivity contribution is 0.332. The second-order valence-electron chi connectivity index (χ2n) is 6.94. The van der Waals surface area contributed by atoms with Gasteiger partial charge in [0, 0.05) is 26.7 Å². The number of hydrogen-bond acceptors (Lipinski definition) is 2. The smallest absolute Gasteiger partial charge is 0.190 e. The lowest BCUT2D eigenvalue weighted by atomic mass is 9.86. The Kier molecular flexibility index (Phi) is 7.34. The number of nitrogens with zero attached hydrogens (tertiary/aromatic N) is 2.